The lowest BCUT2D eigenvalue weighted by atomic mass is 9.90. The van der Waals surface area contributed by atoms with Crippen molar-refractivity contribution < 1.29 is 9.59 Å². The third-order valence-corrected chi connectivity index (χ3v) is 4.85. The number of carbonyl (C=O) groups is 2. The van der Waals surface area contributed by atoms with Gasteiger partial charge in [0, 0.05) is 22.5 Å². The standard InChI is InChI=1S/C20H24N6O2/c1-9-15(11(3)27)17(25-19(21)23-9)13-5-7-14(8-6-13)18-16(12(4)28)10(2)24-20(22)26-18/h5-8,17-18H,1-4H3,(H3,21,23,25)(H3,22,24,26). The Labute approximate surface area is 163 Å². The van der Waals surface area contributed by atoms with Crippen LogP contribution in [0.3, 0.4) is 0 Å². The van der Waals surface area contributed by atoms with Gasteiger partial charge in [0.15, 0.2) is 23.5 Å². The van der Waals surface area contributed by atoms with Gasteiger partial charge in [-0.1, -0.05) is 24.3 Å². The van der Waals surface area contributed by atoms with Gasteiger partial charge >= 0.3 is 0 Å². The van der Waals surface area contributed by atoms with Gasteiger partial charge in [-0.3, -0.25) is 9.59 Å². The lowest BCUT2D eigenvalue weighted by molar-refractivity contribution is -0.114. The summed E-state index contributed by atoms with van der Waals surface area (Å²) in [7, 11) is 0. The maximum absolute atomic E-state index is 12.1. The first-order valence-electron chi connectivity index (χ1n) is 8.93. The summed E-state index contributed by atoms with van der Waals surface area (Å²) in [6.07, 6.45) is 0. The zero-order valence-electron chi connectivity index (χ0n) is 16.3. The molecule has 28 heavy (non-hydrogen) atoms. The zero-order chi connectivity index (χ0) is 20.6. The molecule has 0 spiro atoms. The average molecular weight is 380 g/mol. The molecular weight excluding hydrogens is 356 g/mol. The lowest BCUT2D eigenvalue weighted by Crippen LogP contribution is -2.36. The van der Waals surface area contributed by atoms with Crippen molar-refractivity contribution in [3.05, 3.63) is 57.9 Å². The van der Waals surface area contributed by atoms with Crippen LogP contribution in [0.1, 0.15) is 50.9 Å². The van der Waals surface area contributed by atoms with Crippen LogP contribution < -0.4 is 22.1 Å². The van der Waals surface area contributed by atoms with Crippen molar-refractivity contribution in [1.29, 1.82) is 0 Å². The van der Waals surface area contributed by atoms with Gasteiger partial charge in [0.2, 0.25) is 0 Å². The molecule has 2 unspecified atom stereocenters. The number of ketones is 2. The molecule has 2 atom stereocenters. The summed E-state index contributed by atoms with van der Waals surface area (Å²) >= 11 is 0. The number of rotatable bonds is 4. The van der Waals surface area contributed by atoms with E-state index in [9.17, 15) is 9.59 Å². The van der Waals surface area contributed by atoms with E-state index in [1.165, 1.54) is 13.8 Å². The molecule has 0 aromatic heterocycles. The van der Waals surface area contributed by atoms with E-state index >= 15 is 0 Å². The highest BCUT2D eigenvalue weighted by Crippen LogP contribution is 2.34. The van der Waals surface area contributed by atoms with E-state index in [2.05, 4.69) is 20.6 Å². The highest BCUT2D eigenvalue weighted by Gasteiger charge is 2.28. The molecule has 0 aliphatic carbocycles. The van der Waals surface area contributed by atoms with Crippen LogP contribution in [-0.2, 0) is 9.59 Å². The van der Waals surface area contributed by atoms with Gasteiger partial charge in [-0.25, -0.2) is 9.98 Å². The molecule has 1 aromatic rings. The molecule has 0 radical (unpaired) electrons. The van der Waals surface area contributed by atoms with Crippen LogP contribution in [0.25, 0.3) is 0 Å². The first-order valence-corrected chi connectivity index (χ1v) is 8.93. The number of Topliss-reactive ketones (excluding diaryl/α,β-unsaturated/α-hetero) is 2. The van der Waals surface area contributed by atoms with Crippen molar-refractivity contribution in [2.45, 2.75) is 39.8 Å². The Bertz CT molecular complexity index is 890. The van der Waals surface area contributed by atoms with Crippen molar-refractivity contribution in [2.24, 2.45) is 21.5 Å². The van der Waals surface area contributed by atoms with Crippen LogP contribution in [0.5, 0.6) is 0 Å². The van der Waals surface area contributed by atoms with Gasteiger partial charge in [-0.05, 0) is 38.8 Å². The van der Waals surface area contributed by atoms with Crippen molar-refractivity contribution >= 4 is 23.5 Å². The molecule has 0 saturated heterocycles. The average Bonchev–Trinajstić information content (AvgIpc) is 2.59. The Hall–Kier alpha value is -3.42. The van der Waals surface area contributed by atoms with Crippen molar-refractivity contribution in [1.82, 2.24) is 10.6 Å². The molecular formula is C20H24N6O2. The van der Waals surface area contributed by atoms with Crippen LogP contribution >= 0.6 is 0 Å². The summed E-state index contributed by atoms with van der Waals surface area (Å²) in [4.78, 5) is 33.0. The molecule has 1 aromatic carbocycles. The van der Waals surface area contributed by atoms with Crippen molar-refractivity contribution in [2.75, 3.05) is 0 Å². The smallest absolute Gasteiger partial charge is 0.193 e. The largest absolute Gasteiger partial charge is 0.370 e. The van der Waals surface area contributed by atoms with E-state index in [4.69, 9.17) is 11.5 Å². The maximum atomic E-state index is 12.1. The minimum atomic E-state index is -0.473. The molecule has 8 nitrogen and oxygen atoms in total. The van der Waals surface area contributed by atoms with Gasteiger partial charge in [-0.15, -0.1) is 0 Å². The number of allylic oxidation sites excluding steroid dienone is 2. The van der Waals surface area contributed by atoms with E-state index in [1.54, 1.807) is 13.8 Å². The molecule has 2 heterocycles. The third kappa shape index (κ3) is 3.53. The number of benzene rings is 1. The topological polar surface area (TPSA) is 135 Å². The Morgan fingerprint density at radius 2 is 1.11 bits per heavy atom. The summed E-state index contributed by atoms with van der Waals surface area (Å²) in [5.74, 6) is 0.404. The molecule has 0 fully saturated rings. The summed E-state index contributed by atoms with van der Waals surface area (Å²) in [5.41, 5.74) is 15.9. The van der Waals surface area contributed by atoms with E-state index in [-0.39, 0.29) is 23.5 Å². The van der Waals surface area contributed by atoms with E-state index < -0.39 is 12.1 Å². The Morgan fingerprint density at radius 3 is 1.39 bits per heavy atom. The van der Waals surface area contributed by atoms with E-state index in [0.29, 0.717) is 22.5 Å². The van der Waals surface area contributed by atoms with Crippen LogP contribution in [0.4, 0.5) is 0 Å². The minimum absolute atomic E-state index is 0.0662. The molecule has 3 rings (SSSR count). The summed E-state index contributed by atoms with van der Waals surface area (Å²) in [6.45, 7) is 6.63. The molecule has 8 heteroatoms. The first-order chi connectivity index (χ1) is 13.2. The van der Waals surface area contributed by atoms with Gasteiger partial charge < -0.3 is 22.1 Å². The first kappa shape index (κ1) is 19.3. The zero-order valence-corrected chi connectivity index (χ0v) is 16.3. The molecule has 146 valence electrons. The van der Waals surface area contributed by atoms with Crippen LogP contribution in [0, 0.1) is 0 Å². The Balaban J connectivity index is 2.00. The minimum Gasteiger partial charge on any atom is -0.370 e. The number of carbonyl (C=O) groups excluding carboxylic acids is 2. The number of guanidine groups is 2. The number of nitrogens with one attached hydrogen (secondary N) is 2. The van der Waals surface area contributed by atoms with Gasteiger partial charge in [0.1, 0.15) is 12.1 Å². The molecule has 0 amide bonds. The third-order valence-electron chi connectivity index (χ3n) is 4.85. The predicted octanol–water partition coefficient (Wildman–Crippen LogP) is 1.33. The van der Waals surface area contributed by atoms with Crippen LogP contribution in [0.15, 0.2) is 56.8 Å². The summed E-state index contributed by atoms with van der Waals surface area (Å²) < 4.78 is 0. The second-order valence-electron chi connectivity index (χ2n) is 6.94. The van der Waals surface area contributed by atoms with Gasteiger partial charge in [-0.2, -0.15) is 0 Å². The molecule has 0 saturated carbocycles. The number of nitrogens with zero attached hydrogens (tertiary/aromatic N) is 2. The second kappa shape index (κ2) is 7.30. The maximum Gasteiger partial charge on any atom is 0.193 e. The number of aliphatic imine (C=N–C) groups is 2. The van der Waals surface area contributed by atoms with Crippen molar-refractivity contribution in [3.63, 3.8) is 0 Å². The predicted molar refractivity (Wildman–Crippen MR) is 108 cm³/mol. The van der Waals surface area contributed by atoms with E-state index in [0.717, 1.165) is 11.1 Å². The summed E-state index contributed by atoms with van der Waals surface area (Å²) in [5, 5.41) is 5.81. The molecule has 6 N–H and O–H groups in total. The Morgan fingerprint density at radius 1 is 0.786 bits per heavy atom. The van der Waals surface area contributed by atoms with Gasteiger partial charge in [0.05, 0.1) is 0 Å². The summed E-state index contributed by atoms with van der Waals surface area (Å²) in [6, 6.07) is 6.55. The highest BCUT2D eigenvalue weighted by molar-refractivity contribution is 5.99. The van der Waals surface area contributed by atoms with Crippen molar-refractivity contribution in [3.8, 4) is 0 Å². The fraction of sp³-hybridized carbons (Fsp3) is 0.300. The lowest BCUT2D eigenvalue weighted by Gasteiger charge is -2.26. The van der Waals surface area contributed by atoms with Crippen LogP contribution in [0.2, 0.25) is 0 Å². The fourth-order valence-electron chi connectivity index (χ4n) is 3.66. The van der Waals surface area contributed by atoms with Gasteiger partial charge in [0.25, 0.3) is 0 Å². The molecule has 2 aliphatic rings. The van der Waals surface area contributed by atoms with E-state index in [1.807, 2.05) is 24.3 Å². The molecule has 0 bridgehead atoms. The highest BCUT2D eigenvalue weighted by atomic mass is 16.1. The molecule has 2 aliphatic heterocycles. The number of hydrogen-bond donors (Lipinski definition) is 4. The van der Waals surface area contributed by atoms with Crippen LogP contribution in [-0.4, -0.2) is 23.5 Å². The second-order valence-corrected chi connectivity index (χ2v) is 6.94. The Kier molecular flexibility index (Phi) is 5.04. The fourth-order valence-corrected chi connectivity index (χ4v) is 3.66. The normalized spacial score (nSPS) is 22.1. The number of hydrogen-bond acceptors (Lipinski definition) is 8. The monoisotopic (exact) mass is 380 g/mol. The quantitative estimate of drug-likeness (QED) is 0.622. The SMILES string of the molecule is CC(=O)C1=C(C)NC(N)=NC1c1ccc(C2N=C(N)NC(C)=C2C(C)=O)cc1. The number of nitrogens with two attached hydrogens (primary N) is 2.